The molecule has 0 saturated carbocycles. The molecule has 1 aromatic heterocycles. The number of hydrogen-bond acceptors (Lipinski definition) is 4. The van der Waals surface area contributed by atoms with Crippen molar-refractivity contribution in [3.63, 3.8) is 0 Å². The van der Waals surface area contributed by atoms with Crippen molar-refractivity contribution < 1.29 is 4.79 Å². The maximum atomic E-state index is 12.3. The Balaban J connectivity index is 1.86. The summed E-state index contributed by atoms with van der Waals surface area (Å²) in [6, 6.07) is 0. The van der Waals surface area contributed by atoms with E-state index in [4.69, 9.17) is 11.6 Å². The summed E-state index contributed by atoms with van der Waals surface area (Å²) in [5.41, 5.74) is 0.376. The van der Waals surface area contributed by atoms with E-state index in [0.717, 1.165) is 45.6 Å². The molecule has 0 unspecified atom stereocenters. The highest BCUT2D eigenvalue weighted by molar-refractivity contribution is 6.29. The number of carbonyl (C=O) groups is 1. The molecule has 0 atom stereocenters. The zero-order chi connectivity index (χ0) is 15.2. The molecule has 1 aliphatic rings. The van der Waals surface area contributed by atoms with Crippen LogP contribution >= 0.6 is 11.6 Å². The summed E-state index contributed by atoms with van der Waals surface area (Å²) in [6.07, 6.45) is 4.99. The number of carbonyl (C=O) groups excluding carboxylic acids is 1. The van der Waals surface area contributed by atoms with E-state index >= 15 is 0 Å². The highest BCUT2D eigenvalue weighted by Gasteiger charge is 2.25. The van der Waals surface area contributed by atoms with Crippen LogP contribution < -0.4 is 0 Å². The van der Waals surface area contributed by atoms with Crippen molar-refractivity contribution in [1.82, 2.24) is 19.8 Å². The number of piperidine rings is 1. The normalized spacial score (nSPS) is 16.5. The Hall–Kier alpha value is -1.20. The molecule has 6 heteroatoms. The third kappa shape index (κ3) is 4.38. The molecule has 1 aliphatic heterocycles. The first-order valence-corrected chi connectivity index (χ1v) is 8.01. The molecule has 1 amide bonds. The Kier molecular flexibility index (Phi) is 5.94. The average molecular weight is 311 g/mol. The van der Waals surface area contributed by atoms with Crippen molar-refractivity contribution in [3.05, 3.63) is 23.2 Å². The van der Waals surface area contributed by atoms with Crippen molar-refractivity contribution in [2.45, 2.75) is 26.7 Å². The van der Waals surface area contributed by atoms with E-state index in [2.05, 4.69) is 28.7 Å². The number of halogens is 1. The predicted octanol–water partition coefficient (Wildman–Crippen LogP) is 2.32. The smallest absolute Gasteiger partial charge is 0.274 e. The molecule has 0 bridgehead atoms. The van der Waals surface area contributed by atoms with E-state index in [9.17, 15) is 4.79 Å². The number of nitrogens with zero attached hydrogens (tertiary/aromatic N) is 4. The molecule has 1 saturated heterocycles. The lowest BCUT2D eigenvalue weighted by Crippen LogP contribution is -2.41. The van der Waals surface area contributed by atoms with E-state index in [1.165, 1.54) is 12.4 Å². The second-order valence-electron chi connectivity index (χ2n) is 5.45. The van der Waals surface area contributed by atoms with Gasteiger partial charge in [-0.1, -0.05) is 25.4 Å². The molecule has 2 rings (SSSR count). The largest absolute Gasteiger partial charge is 0.337 e. The summed E-state index contributed by atoms with van der Waals surface area (Å²) >= 11 is 5.69. The first kappa shape index (κ1) is 16.2. The van der Waals surface area contributed by atoms with Gasteiger partial charge in [0.05, 0.1) is 12.4 Å². The minimum Gasteiger partial charge on any atom is -0.337 e. The second-order valence-corrected chi connectivity index (χ2v) is 5.83. The Morgan fingerprint density at radius 2 is 1.95 bits per heavy atom. The summed E-state index contributed by atoms with van der Waals surface area (Å²) < 4.78 is 0. The topological polar surface area (TPSA) is 49.3 Å². The average Bonchev–Trinajstić information content (AvgIpc) is 2.53. The lowest BCUT2D eigenvalue weighted by Gasteiger charge is -2.34. The van der Waals surface area contributed by atoms with Gasteiger partial charge in [-0.3, -0.25) is 4.79 Å². The first-order valence-electron chi connectivity index (χ1n) is 7.63. The van der Waals surface area contributed by atoms with Crippen LogP contribution in [0.2, 0.25) is 5.15 Å². The fraction of sp³-hybridized carbons (Fsp3) is 0.667. The van der Waals surface area contributed by atoms with Gasteiger partial charge in [0.15, 0.2) is 0 Å². The summed E-state index contributed by atoms with van der Waals surface area (Å²) in [5, 5.41) is 0.310. The van der Waals surface area contributed by atoms with Crippen molar-refractivity contribution in [1.29, 1.82) is 0 Å². The fourth-order valence-electron chi connectivity index (χ4n) is 2.75. The zero-order valence-corrected chi connectivity index (χ0v) is 13.5. The number of hydrogen-bond donors (Lipinski definition) is 0. The Morgan fingerprint density at radius 1 is 1.29 bits per heavy atom. The molecule has 0 N–H and O–H groups in total. The third-order valence-corrected chi connectivity index (χ3v) is 4.35. The van der Waals surface area contributed by atoms with Gasteiger partial charge in [-0.25, -0.2) is 9.97 Å². The van der Waals surface area contributed by atoms with Gasteiger partial charge in [0, 0.05) is 19.6 Å². The molecule has 0 aliphatic carbocycles. The standard InChI is InChI=1S/C15H23ClN4O/c1-3-19(4-2)11-12-5-7-20(8-6-12)15(21)13-9-18-14(16)10-17-13/h9-10,12H,3-8,11H2,1-2H3. The molecule has 1 fully saturated rings. The quantitative estimate of drug-likeness (QED) is 0.837. The molecule has 0 radical (unpaired) electrons. The summed E-state index contributed by atoms with van der Waals surface area (Å²) in [4.78, 5) is 24.6. The van der Waals surface area contributed by atoms with Crippen molar-refractivity contribution in [3.8, 4) is 0 Å². The van der Waals surface area contributed by atoms with Crippen LogP contribution in [-0.4, -0.2) is 58.4 Å². The highest BCUT2D eigenvalue weighted by atomic mass is 35.5. The van der Waals surface area contributed by atoms with Gasteiger partial charge in [-0.2, -0.15) is 0 Å². The summed E-state index contributed by atoms with van der Waals surface area (Å²) in [5.74, 6) is 0.644. The highest BCUT2D eigenvalue weighted by Crippen LogP contribution is 2.19. The van der Waals surface area contributed by atoms with Crippen molar-refractivity contribution in [2.24, 2.45) is 5.92 Å². The number of aromatic nitrogens is 2. The van der Waals surface area contributed by atoms with Crippen molar-refractivity contribution >= 4 is 17.5 Å². The van der Waals surface area contributed by atoms with Gasteiger partial charge in [-0.05, 0) is 31.8 Å². The second kappa shape index (κ2) is 7.71. The predicted molar refractivity (Wildman–Crippen MR) is 83.5 cm³/mol. The van der Waals surface area contributed by atoms with Crippen LogP contribution in [0.5, 0.6) is 0 Å². The molecular weight excluding hydrogens is 288 g/mol. The number of amides is 1. The van der Waals surface area contributed by atoms with Gasteiger partial charge < -0.3 is 9.80 Å². The Bertz CT molecular complexity index is 453. The Labute approximate surface area is 131 Å². The number of likely N-dealkylation sites (tertiary alicyclic amines) is 1. The maximum Gasteiger partial charge on any atom is 0.274 e. The molecule has 0 aromatic carbocycles. The molecule has 2 heterocycles. The van der Waals surface area contributed by atoms with Crippen LogP contribution in [0.1, 0.15) is 37.2 Å². The summed E-state index contributed by atoms with van der Waals surface area (Å²) in [6.45, 7) is 9.31. The fourth-order valence-corrected chi connectivity index (χ4v) is 2.85. The molecule has 1 aromatic rings. The molecular formula is C15H23ClN4O. The Morgan fingerprint density at radius 3 is 2.48 bits per heavy atom. The molecule has 116 valence electrons. The van der Waals surface area contributed by atoms with Crippen LogP contribution in [0.15, 0.2) is 12.4 Å². The van der Waals surface area contributed by atoms with Gasteiger partial charge in [0.2, 0.25) is 0 Å². The molecule has 5 nitrogen and oxygen atoms in total. The van der Waals surface area contributed by atoms with E-state index in [-0.39, 0.29) is 5.91 Å². The monoisotopic (exact) mass is 310 g/mol. The van der Waals surface area contributed by atoms with E-state index < -0.39 is 0 Å². The van der Waals surface area contributed by atoms with Crippen LogP contribution in [-0.2, 0) is 0 Å². The van der Waals surface area contributed by atoms with E-state index in [1.54, 1.807) is 0 Å². The van der Waals surface area contributed by atoms with E-state index in [1.807, 2.05) is 4.90 Å². The van der Waals surface area contributed by atoms with Crippen LogP contribution in [0.3, 0.4) is 0 Å². The van der Waals surface area contributed by atoms with Crippen LogP contribution in [0, 0.1) is 5.92 Å². The number of rotatable bonds is 5. The molecule has 21 heavy (non-hydrogen) atoms. The van der Waals surface area contributed by atoms with E-state index in [0.29, 0.717) is 16.8 Å². The van der Waals surface area contributed by atoms with Crippen LogP contribution in [0.25, 0.3) is 0 Å². The molecule has 0 spiro atoms. The lowest BCUT2D eigenvalue weighted by molar-refractivity contribution is 0.0663. The third-order valence-electron chi connectivity index (χ3n) is 4.15. The maximum absolute atomic E-state index is 12.3. The van der Waals surface area contributed by atoms with Gasteiger partial charge in [-0.15, -0.1) is 0 Å². The SMILES string of the molecule is CCN(CC)CC1CCN(C(=O)c2cnc(Cl)cn2)CC1. The zero-order valence-electron chi connectivity index (χ0n) is 12.8. The van der Waals surface area contributed by atoms with Gasteiger partial charge in [0.1, 0.15) is 10.8 Å². The van der Waals surface area contributed by atoms with Crippen molar-refractivity contribution in [2.75, 3.05) is 32.7 Å². The first-order chi connectivity index (χ1) is 10.1. The van der Waals surface area contributed by atoms with Crippen LogP contribution in [0.4, 0.5) is 0 Å². The van der Waals surface area contributed by atoms with Gasteiger partial charge in [0.25, 0.3) is 5.91 Å². The summed E-state index contributed by atoms with van der Waals surface area (Å²) in [7, 11) is 0. The van der Waals surface area contributed by atoms with Gasteiger partial charge >= 0.3 is 0 Å². The minimum atomic E-state index is -0.0412. The lowest BCUT2D eigenvalue weighted by atomic mass is 9.96. The minimum absolute atomic E-state index is 0.0412.